The number of fused-ring (bicyclic) bond motifs is 1. The van der Waals surface area contributed by atoms with Crippen LogP contribution in [0.25, 0.3) is 22.1 Å². The smallest absolute Gasteiger partial charge is 0.344 e. The van der Waals surface area contributed by atoms with E-state index in [1.165, 1.54) is 0 Å². The summed E-state index contributed by atoms with van der Waals surface area (Å²) in [5, 5.41) is 1.82. The Morgan fingerprint density at radius 3 is 2.50 bits per heavy atom. The van der Waals surface area contributed by atoms with E-state index in [-0.39, 0.29) is 0 Å². The van der Waals surface area contributed by atoms with Gasteiger partial charge >= 0.3 is 5.63 Å². The average Bonchev–Trinajstić information content (AvgIpc) is 2.39. The molecule has 0 aliphatic heterocycles. The molecule has 3 aromatic rings. The topological polar surface area (TPSA) is 30.2 Å². The van der Waals surface area contributed by atoms with Gasteiger partial charge < -0.3 is 4.42 Å². The van der Waals surface area contributed by atoms with E-state index in [1.807, 2.05) is 19.1 Å². The van der Waals surface area contributed by atoms with Crippen LogP contribution in [0.5, 0.6) is 0 Å². The fourth-order valence-electron chi connectivity index (χ4n) is 2.14. The maximum Gasteiger partial charge on any atom is 0.344 e. The third-order valence-electron chi connectivity index (χ3n) is 3.11. The van der Waals surface area contributed by atoms with Crippen molar-refractivity contribution in [1.82, 2.24) is 0 Å². The van der Waals surface area contributed by atoms with Gasteiger partial charge in [-0.3, -0.25) is 0 Å². The van der Waals surface area contributed by atoms with Gasteiger partial charge in [0.15, 0.2) is 0 Å². The fraction of sp³-hybridized carbons (Fsp3) is 0.0625. The lowest BCUT2D eigenvalue weighted by atomic mass is 10.1. The second kappa shape index (κ2) is 4.97. The van der Waals surface area contributed by atoms with Crippen LogP contribution >= 0.6 is 23.2 Å². The van der Waals surface area contributed by atoms with Gasteiger partial charge in [0, 0.05) is 16.0 Å². The summed E-state index contributed by atoms with van der Waals surface area (Å²) in [5.41, 5.74) is 2.30. The lowest BCUT2D eigenvalue weighted by Crippen LogP contribution is -2.03. The predicted molar refractivity (Wildman–Crippen MR) is 82.7 cm³/mol. The molecule has 20 heavy (non-hydrogen) atoms. The maximum atomic E-state index is 12.1. The van der Waals surface area contributed by atoms with Crippen LogP contribution in [0.15, 0.2) is 51.7 Å². The highest BCUT2D eigenvalue weighted by Gasteiger charge is 2.11. The van der Waals surface area contributed by atoms with Crippen LogP contribution in [0.1, 0.15) is 5.56 Å². The molecule has 3 rings (SSSR count). The summed E-state index contributed by atoms with van der Waals surface area (Å²) < 4.78 is 5.34. The molecule has 0 bridgehead atoms. The SMILES string of the molecule is Cc1ccc2oc(=O)c(-c3ccc(Cl)cc3Cl)cc2c1. The first-order valence-electron chi connectivity index (χ1n) is 6.04. The second-order valence-electron chi connectivity index (χ2n) is 4.61. The maximum absolute atomic E-state index is 12.1. The van der Waals surface area contributed by atoms with Gasteiger partial charge in [-0.1, -0.05) is 40.9 Å². The summed E-state index contributed by atoms with van der Waals surface area (Å²) in [6, 6.07) is 12.5. The first kappa shape index (κ1) is 13.2. The lowest BCUT2D eigenvalue weighted by molar-refractivity contribution is 0.563. The zero-order chi connectivity index (χ0) is 14.3. The van der Waals surface area contributed by atoms with Crippen LogP contribution in [-0.4, -0.2) is 0 Å². The van der Waals surface area contributed by atoms with Crippen LogP contribution in [0.4, 0.5) is 0 Å². The third kappa shape index (κ3) is 2.33. The molecule has 0 unspecified atom stereocenters. The van der Waals surface area contributed by atoms with Crippen LogP contribution in [0.2, 0.25) is 10.0 Å². The molecule has 2 aromatic carbocycles. The number of rotatable bonds is 1. The summed E-state index contributed by atoms with van der Waals surface area (Å²) in [4.78, 5) is 12.1. The minimum absolute atomic E-state index is 0.412. The highest BCUT2D eigenvalue weighted by atomic mass is 35.5. The van der Waals surface area contributed by atoms with E-state index in [0.29, 0.717) is 26.8 Å². The van der Waals surface area contributed by atoms with Gasteiger partial charge in [0.25, 0.3) is 0 Å². The molecule has 0 N–H and O–H groups in total. The molecule has 4 heteroatoms. The molecule has 0 amide bonds. The highest BCUT2D eigenvalue weighted by Crippen LogP contribution is 2.30. The zero-order valence-electron chi connectivity index (χ0n) is 10.6. The standard InChI is InChI=1S/C16H10Cl2O2/c1-9-2-5-15-10(6-9)7-13(16(19)20-15)12-4-3-11(17)8-14(12)18/h2-8H,1H3. The molecule has 0 saturated carbocycles. The highest BCUT2D eigenvalue weighted by molar-refractivity contribution is 6.36. The normalized spacial score (nSPS) is 10.9. The minimum Gasteiger partial charge on any atom is -0.422 e. The Labute approximate surface area is 125 Å². The van der Waals surface area contributed by atoms with E-state index in [2.05, 4.69) is 0 Å². The van der Waals surface area contributed by atoms with Crippen molar-refractivity contribution in [3.63, 3.8) is 0 Å². The zero-order valence-corrected chi connectivity index (χ0v) is 12.1. The minimum atomic E-state index is -0.412. The van der Waals surface area contributed by atoms with Crippen molar-refractivity contribution >= 4 is 34.2 Å². The van der Waals surface area contributed by atoms with Gasteiger partial charge in [-0.25, -0.2) is 4.79 Å². The molecule has 1 aromatic heterocycles. The molecule has 0 fully saturated rings. The Morgan fingerprint density at radius 2 is 1.75 bits per heavy atom. The average molecular weight is 305 g/mol. The van der Waals surface area contributed by atoms with E-state index in [0.717, 1.165) is 10.9 Å². The van der Waals surface area contributed by atoms with Crippen LogP contribution in [0, 0.1) is 6.92 Å². The molecule has 0 saturated heterocycles. The first-order chi connectivity index (χ1) is 9.54. The van der Waals surface area contributed by atoms with Gasteiger partial charge in [0.05, 0.1) is 10.6 Å². The lowest BCUT2D eigenvalue weighted by Gasteiger charge is -2.05. The van der Waals surface area contributed by atoms with Gasteiger partial charge in [-0.15, -0.1) is 0 Å². The number of aryl methyl sites for hydroxylation is 1. The third-order valence-corrected chi connectivity index (χ3v) is 3.66. The van der Waals surface area contributed by atoms with E-state index >= 15 is 0 Å². The quantitative estimate of drug-likeness (QED) is 0.587. The van der Waals surface area contributed by atoms with Crippen LogP contribution in [0.3, 0.4) is 0 Å². The van der Waals surface area contributed by atoms with Crippen molar-refractivity contribution in [3.8, 4) is 11.1 Å². The predicted octanol–water partition coefficient (Wildman–Crippen LogP) is 5.08. The molecule has 2 nitrogen and oxygen atoms in total. The molecular weight excluding hydrogens is 295 g/mol. The Balaban J connectivity index is 2.30. The fourth-order valence-corrected chi connectivity index (χ4v) is 2.65. The van der Waals surface area contributed by atoms with Crippen molar-refractivity contribution in [3.05, 3.63) is 68.5 Å². The summed E-state index contributed by atoms with van der Waals surface area (Å²) in [6.07, 6.45) is 0. The number of hydrogen-bond donors (Lipinski definition) is 0. The van der Waals surface area contributed by atoms with Crippen molar-refractivity contribution < 1.29 is 4.42 Å². The second-order valence-corrected chi connectivity index (χ2v) is 5.46. The summed E-state index contributed by atoms with van der Waals surface area (Å²) in [5.74, 6) is 0. The molecule has 0 atom stereocenters. The molecule has 100 valence electrons. The van der Waals surface area contributed by atoms with Gasteiger partial charge in [0.2, 0.25) is 0 Å². The van der Waals surface area contributed by atoms with Gasteiger partial charge in [-0.2, -0.15) is 0 Å². The first-order valence-corrected chi connectivity index (χ1v) is 6.80. The van der Waals surface area contributed by atoms with Crippen LogP contribution < -0.4 is 5.63 Å². The van der Waals surface area contributed by atoms with Crippen LogP contribution in [-0.2, 0) is 0 Å². The van der Waals surface area contributed by atoms with Crippen molar-refractivity contribution in [2.45, 2.75) is 6.92 Å². The van der Waals surface area contributed by atoms with Crippen molar-refractivity contribution in [1.29, 1.82) is 0 Å². The van der Waals surface area contributed by atoms with Crippen molar-refractivity contribution in [2.24, 2.45) is 0 Å². The van der Waals surface area contributed by atoms with Gasteiger partial charge in [0.1, 0.15) is 5.58 Å². The van der Waals surface area contributed by atoms with Crippen molar-refractivity contribution in [2.75, 3.05) is 0 Å². The largest absolute Gasteiger partial charge is 0.422 e. The van der Waals surface area contributed by atoms with E-state index in [1.54, 1.807) is 30.3 Å². The number of halogens is 2. The summed E-state index contributed by atoms with van der Waals surface area (Å²) in [6.45, 7) is 1.99. The Bertz CT molecular complexity index is 866. The van der Waals surface area contributed by atoms with E-state index in [4.69, 9.17) is 27.6 Å². The monoisotopic (exact) mass is 304 g/mol. The molecule has 0 spiro atoms. The number of hydrogen-bond acceptors (Lipinski definition) is 2. The van der Waals surface area contributed by atoms with Gasteiger partial charge in [-0.05, 0) is 37.3 Å². The Hall–Kier alpha value is -1.77. The molecule has 0 aliphatic carbocycles. The molecule has 0 aliphatic rings. The van der Waals surface area contributed by atoms with E-state index in [9.17, 15) is 4.79 Å². The molecule has 0 radical (unpaired) electrons. The Kier molecular flexibility index (Phi) is 3.28. The molecular formula is C16H10Cl2O2. The number of benzene rings is 2. The van der Waals surface area contributed by atoms with E-state index < -0.39 is 5.63 Å². The molecule has 1 heterocycles. The summed E-state index contributed by atoms with van der Waals surface area (Å²) in [7, 11) is 0. The Morgan fingerprint density at radius 1 is 0.950 bits per heavy atom. The summed E-state index contributed by atoms with van der Waals surface area (Å²) >= 11 is 12.0.